The van der Waals surface area contributed by atoms with Crippen LogP contribution < -0.4 is 5.32 Å². The Bertz CT molecular complexity index is 508. The highest BCUT2D eigenvalue weighted by Crippen LogP contribution is 2.07. The first-order chi connectivity index (χ1) is 8.63. The Morgan fingerprint density at radius 3 is 2.56 bits per heavy atom. The minimum atomic E-state index is -0.569. The second-order valence-electron chi connectivity index (χ2n) is 3.93. The smallest absolute Gasteiger partial charge is 0.223 e. The van der Waals surface area contributed by atoms with E-state index in [1.807, 2.05) is 0 Å². The Kier molecular flexibility index (Phi) is 3.99. The van der Waals surface area contributed by atoms with E-state index in [1.54, 1.807) is 6.92 Å². The molecule has 0 unspecified atom stereocenters. The van der Waals surface area contributed by atoms with Crippen LogP contribution in [0.5, 0.6) is 0 Å². The SMILES string of the molecule is Cc1nc(CCNCc2cc(F)cc(F)c2)no1. The summed E-state index contributed by atoms with van der Waals surface area (Å²) in [5.74, 6) is 0.00353. The van der Waals surface area contributed by atoms with E-state index >= 15 is 0 Å². The molecule has 1 aromatic carbocycles. The first kappa shape index (κ1) is 12.6. The first-order valence-corrected chi connectivity index (χ1v) is 5.58. The summed E-state index contributed by atoms with van der Waals surface area (Å²) in [7, 11) is 0. The molecule has 18 heavy (non-hydrogen) atoms. The van der Waals surface area contributed by atoms with Crippen LogP contribution in [0.25, 0.3) is 0 Å². The summed E-state index contributed by atoms with van der Waals surface area (Å²) in [5, 5.41) is 6.80. The molecule has 0 amide bonds. The number of halogens is 2. The van der Waals surface area contributed by atoms with Crippen LogP contribution in [0.1, 0.15) is 17.3 Å². The van der Waals surface area contributed by atoms with Gasteiger partial charge in [0.2, 0.25) is 5.89 Å². The van der Waals surface area contributed by atoms with E-state index in [0.717, 1.165) is 6.07 Å². The third-order valence-electron chi connectivity index (χ3n) is 2.35. The summed E-state index contributed by atoms with van der Waals surface area (Å²) in [5.41, 5.74) is 0.566. The lowest BCUT2D eigenvalue weighted by Crippen LogP contribution is -2.17. The average Bonchev–Trinajstić information content (AvgIpc) is 2.69. The Labute approximate surface area is 103 Å². The maximum atomic E-state index is 12.9. The quantitative estimate of drug-likeness (QED) is 0.828. The van der Waals surface area contributed by atoms with Crippen LogP contribution >= 0.6 is 0 Å². The van der Waals surface area contributed by atoms with Gasteiger partial charge in [-0.25, -0.2) is 8.78 Å². The summed E-state index contributed by atoms with van der Waals surface area (Å²) in [6.07, 6.45) is 0.606. The second kappa shape index (κ2) is 5.68. The maximum absolute atomic E-state index is 12.9. The van der Waals surface area contributed by atoms with Gasteiger partial charge in [-0.3, -0.25) is 0 Å². The molecule has 1 heterocycles. The van der Waals surface area contributed by atoms with Gasteiger partial charge in [0, 0.05) is 32.5 Å². The van der Waals surface area contributed by atoms with Crippen molar-refractivity contribution >= 4 is 0 Å². The molecular formula is C12H13F2N3O. The molecule has 0 spiro atoms. The van der Waals surface area contributed by atoms with Gasteiger partial charge in [-0.2, -0.15) is 4.98 Å². The van der Waals surface area contributed by atoms with Crippen molar-refractivity contribution in [2.75, 3.05) is 6.54 Å². The summed E-state index contributed by atoms with van der Waals surface area (Å²) in [6, 6.07) is 3.45. The highest BCUT2D eigenvalue weighted by molar-refractivity contribution is 5.17. The molecule has 0 saturated carbocycles. The maximum Gasteiger partial charge on any atom is 0.223 e. The molecule has 0 radical (unpaired) electrons. The summed E-state index contributed by atoms with van der Waals surface area (Å²) >= 11 is 0. The molecule has 96 valence electrons. The predicted molar refractivity (Wildman–Crippen MR) is 60.8 cm³/mol. The van der Waals surface area contributed by atoms with Gasteiger partial charge < -0.3 is 9.84 Å². The lowest BCUT2D eigenvalue weighted by atomic mass is 10.2. The lowest BCUT2D eigenvalue weighted by molar-refractivity contribution is 0.387. The van der Waals surface area contributed by atoms with Crippen molar-refractivity contribution in [2.24, 2.45) is 0 Å². The highest BCUT2D eigenvalue weighted by Gasteiger charge is 2.03. The second-order valence-corrected chi connectivity index (χ2v) is 3.93. The van der Waals surface area contributed by atoms with Gasteiger partial charge in [0.25, 0.3) is 0 Å². The topological polar surface area (TPSA) is 51.0 Å². The van der Waals surface area contributed by atoms with Crippen molar-refractivity contribution in [3.05, 3.63) is 47.1 Å². The number of benzene rings is 1. The van der Waals surface area contributed by atoms with Gasteiger partial charge >= 0.3 is 0 Å². The van der Waals surface area contributed by atoms with Crippen LogP contribution in [-0.2, 0) is 13.0 Å². The number of nitrogens with zero attached hydrogens (tertiary/aromatic N) is 2. The fraction of sp³-hybridized carbons (Fsp3) is 0.333. The number of aromatic nitrogens is 2. The average molecular weight is 253 g/mol. The van der Waals surface area contributed by atoms with Gasteiger partial charge in [0.15, 0.2) is 5.82 Å². The fourth-order valence-corrected chi connectivity index (χ4v) is 1.59. The molecule has 0 bridgehead atoms. The number of hydrogen-bond donors (Lipinski definition) is 1. The van der Waals surface area contributed by atoms with Gasteiger partial charge in [0.1, 0.15) is 11.6 Å². The van der Waals surface area contributed by atoms with Gasteiger partial charge in [-0.15, -0.1) is 0 Å². The van der Waals surface area contributed by atoms with Crippen molar-refractivity contribution in [3.8, 4) is 0 Å². The normalized spacial score (nSPS) is 10.8. The van der Waals surface area contributed by atoms with Crippen molar-refractivity contribution < 1.29 is 13.3 Å². The van der Waals surface area contributed by atoms with E-state index in [2.05, 4.69) is 15.5 Å². The van der Waals surface area contributed by atoms with E-state index in [9.17, 15) is 8.78 Å². The van der Waals surface area contributed by atoms with Crippen LogP contribution in [0.4, 0.5) is 8.78 Å². The van der Waals surface area contributed by atoms with E-state index in [1.165, 1.54) is 12.1 Å². The van der Waals surface area contributed by atoms with E-state index in [4.69, 9.17) is 4.52 Å². The monoisotopic (exact) mass is 253 g/mol. The molecule has 1 aromatic heterocycles. The molecule has 2 aromatic rings. The van der Waals surface area contributed by atoms with E-state index in [0.29, 0.717) is 36.8 Å². The Hall–Kier alpha value is -1.82. The van der Waals surface area contributed by atoms with E-state index < -0.39 is 11.6 Å². The zero-order chi connectivity index (χ0) is 13.0. The molecule has 0 saturated heterocycles. The molecule has 0 aliphatic carbocycles. The van der Waals surface area contributed by atoms with Gasteiger partial charge in [-0.1, -0.05) is 5.16 Å². The molecule has 0 fully saturated rings. The molecule has 0 atom stereocenters. The molecule has 4 nitrogen and oxygen atoms in total. The fourth-order valence-electron chi connectivity index (χ4n) is 1.59. The van der Waals surface area contributed by atoms with Crippen LogP contribution in [0, 0.1) is 18.6 Å². The van der Waals surface area contributed by atoms with Gasteiger partial charge in [0.05, 0.1) is 0 Å². The van der Waals surface area contributed by atoms with Crippen molar-refractivity contribution in [1.29, 1.82) is 0 Å². The first-order valence-electron chi connectivity index (χ1n) is 5.58. The minimum Gasteiger partial charge on any atom is -0.340 e. The third kappa shape index (κ3) is 3.59. The summed E-state index contributed by atoms with van der Waals surface area (Å²) < 4.78 is 30.6. The van der Waals surface area contributed by atoms with Crippen LogP contribution in [0.3, 0.4) is 0 Å². The van der Waals surface area contributed by atoms with Crippen LogP contribution in [0.2, 0.25) is 0 Å². The largest absolute Gasteiger partial charge is 0.340 e. The lowest BCUT2D eigenvalue weighted by Gasteiger charge is -2.03. The molecule has 2 rings (SSSR count). The number of hydrogen-bond acceptors (Lipinski definition) is 4. The zero-order valence-corrected chi connectivity index (χ0v) is 9.91. The number of nitrogens with one attached hydrogen (secondary N) is 1. The van der Waals surface area contributed by atoms with Crippen molar-refractivity contribution in [2.45, 2.75) is 19.9 Å². The Morgan fingerprint density at radius 2 is 1.94 bits per heavy atom. The summed E-state index contributed by atoms with van der Waals surface area (Å²) in [6.45, 7) is 2.72. The molecular weight excluding hydrogens is 240 g/mol. The van der Waals surface area contributed by atoms with E-state index in [-0.39, 0.29) is 0 Å². The standard InChI is InChI=1S/C12H13F2N3O/c1-8-16-12(17-18-8)2-3-15-7-9-4-10(13)6-11(14)5-9/h4-6,15H,2-3,7H2,1H3. The highest BCUT2D eigenvalue weighted by atomic mass is 19.1. The Morgan fingerprint density at radius 1 is 1.22 bits per heavy atom. The molecule has 6 heteroatoms. The number of aryl methyl sites for hydroxylation is 1. The van der Waals surface area contributed by atoms with Crippen LogP contribution in [0.15, 0.2) is 22.7 Å². The molecule has 0 aliphatic rings. The molecule has 1 N–H and O–H groups in total. The van der Waals surface area contributed by atoms with Crippen LogP contribution in [-0.4, -0.2) is 16.7 Å². The number of rotatable bonds is 5. The molecule has 0 aliphatic heterocycles. The third-order valence-corrected chi connectivity index (χ3v) is 2.35. The minimum absolute atomic E-state index is 0.394. The Balaban J connectivity index is 1.78. The van der Waals surface area contributed by atoms with Gasteiger partial charge in [-0.05, 0) is 17.7 Å². The van der Waals surface area contributed by atoms with Crippen molar-refractivity contribution in [1.82, 2.24) is 15.5 Å². The van der Waals surface area contributed by atoms with Crippen molar-refractivity contribution in [3.63, 3.8) is 0 Å². The summed E-state index contributed by atoms with van der Waals surface area (Å²) in [4.78, 5) is 4.05. The predicted octanol–water partition coefficient (Wildman–Crippen LogP) is 1.99. The zero-order valence-electron chi connectivity index (χ0n) is 9.91.